The molecular formula is C21H34N4O4. The maximum Gasteiger partial charge on any atom is 0.330 e. The number of nitrogens with two attached hydrogens (primary N) is 1. The average Bonchev–Trinajstić information content (AvgIpc) is 3.12. The monoisotopic (exact) mass is 406 g/mol. The molecule has 8 nitrogen and oxygen atoms in total. The van der Waals surface area contributed by atoms with Crippen LogP contribution in [0.1, 0.15) is 41.5 Å². The molecule has 0 spiro atoms. The average molecular weight is 407 g/mol. The third-order valence-electron chi connectivity index (χ3n) is 5.51. The van der Waals surface area contributed by atoms with Gasteiger partial charge in [-0.05, 0) is 31.1 Å². The molecule has 2 rings (SSSR count). The molecular weight excluding hydrogens is 372 g/mol. The minimum absolute atomic E-state index is 0.00845. The summed E-state index contributed by atoms with van der Waals surface area (Å²) in [6.45, 7) is 12.7. The van der Waals surface area contributed by atoms with Crippen LogP contribution in [0.5, 0.6) is 0 Å². The first-order valence-electron chi connectivity index (χ1n) is 10.0. The Bertz CT molecular complexity index is 906. The second-order valence-electron chi connectivity index (χ2n) is 9.05. The lowest BCUT2D eigenvalue weighted by Crippen LogP contribution is -2.44. The summed E-state index contributed by atoms with van der Waals surface area (Å²) in [7, 11) is 1.53. The van der Waals surface area contributed by atoms with Crippen LogP contribution in [-0.2, 0) is 16.1 Å². The second-order valence-corrected chi connectivity index (χ2v) is 9.05. The fourth-order valence-corrected chi connectivity index (χ4v) is 3.89. The van der Waals surface area contributed by atoms with E-state index in [2.05, 4.69) is 11.1 Å². The van der Waals surface area contributed by atoms with Crippen molar-refractivity contribution in [2.24, 2.45) is 23.2 Å². The molecule has 0 aromatic carbocycles. The maximum absolute atomic E-state index is 13.5. The molecule has 0 aliphatic heterocycles. The standard InChI is InChI=1S/C21H34N4O4/c1-12(2)10-14-15(21(14,5)6)19(27)24(8-9-29-7)16-17(22)25(11-13(3)4)20(28)23-18(16)26/h10,13-15H,8-9,11,22H2,1-7H3,(H,23,26,28). The number of hydrogen-bond acceptors (Lipinski definition) is 5. The van der Waals surface area contributed by atoms with Crippen LogP contribution in [0, 0.1) is 23.2 Å². The number of H-pyrrole nitrogens is 1. The molecule has 1 amide bonds. The Morgan fingerprint density at radius 1 is 1.34 bits per heavy atom. The van der Waals surface area contributed by atoms with Gasteiger partial charge in [0.2, 0.25) is 5.91 Å². The molecule has 8 heteroatoms. The largest absolute Gasteiger partial charge is 0.383 e. The van der Waals surface area contributed by atoms with Gasteiger partial charge in [-0.2, -0.15) is 0 Å². The van der Waals surface area contributed by atoms with E-state index in [1.807, 2.05) is 41.5 Å². The van der Waals surface area contributed by atoms with Gasteiger partial charge in [0.15, 0.2) is 5.69 Å². The molecule has 0 saturated heterocycles. The minimum Gasteiger partial charge on any atom is -0.383 e. The van der Waals surface area contributed by atoms with Crippen molar-refractivity contribution in [3.05, 3.63) is 32.5 Å². The summed E-state index contributed by atoms with van der Waals surface area (Å²) >= 11 is 0. The van der Waals surface area contributed by atoms with Crippen molar-refractivity contribution in [2.75, 3.05) is 30.9 Å². The van der Waals surface area contributed by atoms with Gasteiger partial charge in [0.25, 0.3) is 5.56 Å². The third-order valence-corrected chi connectivity index (χ3v) is 5.51. The van der Waals surface area contributed by atoms with Crippen molar-refractivity contribution < 1.29 is 9.53 Å². The van der Waals surface area contributed by atoms with Crippen LogP contribution in [0.2, 0.25) is 0 Å². The number of nitrogen functional groups attached to an aromatic ring is 1. The van der Waals surface area contributed by atoms with Gasteiger partial charge in [-0.15, -0.1) is 0 Å². The lowest BCUT2D eigenvalue weighted by Gasteiger charge is -2.25. The van der Waals surface area contributed by atoms with Crippen molar-refractivity contribution in [1.29, 1.82) is 0 Å². The predicted molar refractivity (Wildman–Crippen MR) is 115 cm³/mol. The zero-order valence-corrected chi connectivity index (χ0v) is 18.5. The van der Waals surface area contributed by atoms with Crippen LogP contribution in [0.3, 0.4) is 0 Å². The van der Waals surface area contributed by atoms with Crippen LogP contribution < -0.4 is 21.9 Å². The topological polar surface area (TPSA) is 110 Å². The molecule has 1 aromatic rings. The summed E-state index contributed by atoms with van der Waals surface area (Å²) in [6.07, 6.45) is 2.10. The molecule has 162 valence electrons. The summed E-state index contributed by atoms with van der Waals surface area (Å²) in [5.74, 6) is -0.206. The molecule has 1 aliphatic carbocycles. The SMILES string of the molecule is COCCN(C(=O)C1C(C=C(C)C)C1(C)C)c1c(N)n(CC(C)C)c(=O)[nH]c1=O. The molecule has 1 aromatic heterocycles. The van der Waals surface area contributed by atoms with Crippen LogP contribution in [0.25, 0.3) is 0 Å². The number of rotatable bonds is 8. The second kappa shape index (κ2) is 8.57. The van der Waals surface area contributed by atoms with Crippen molar-refractivity contribution in [1.82, 2.24) is 9.55 Å². The fraction of sp³-hybridized carbons (Fsp3) is 0.667. The normalized spacial score (nSPS) is 19.9. The Morgan fingerprint density at radius 2 is 1.97 bits per heavy atom. The van der Waals surface area contributed by atoms with Crippen molar-refractivity contribution in [3.63, 3.8) is 0 Å². The molecule has 1 fully saturated rings. The van der Waals surface area contributed by atoms with Crippen LogP contribution in [-0.4, -0.2) is 35.7 Å². The van der Waals surface area contributed by atoms with Gasteiger partial charge in [-0.1, -0.05) is 39.3 Å². The number of carbonyl (C=O) groups is 1. The van der Waals surface area contributed by atoms with Crippen LogP contribution in [0.4, 0.5) is 11.5 Å². The van der Waals surface area contributed by atoms with Gasteiger partial charge in [-0.3, -0.25) is 19.1 Å². The first-order chi connectivity index (χ1) is 13.4. The smallest absolute Gasteiger partial charge is 0.330 e. The van der Waals surface area contributed by atoms with Crippen molar-refractivity contribution in [3.8, 4) is 0 Å². The van der Waals surface area contributed by atoms with Gasteiger partial charge in [0.1, 0.15) is 5.82 Å². The highest BCUT2D eigenvalue weighted by atomic mass is 16.5. The van der Waals surface area contributed by atoms with E-state index in [1.165, 1.54) is 16.6 Å². The molecule has 1 saturated carbocycles. The molecule has 29 heavy (non-hydrogen) atoms. The number of aromatic amines is 1. The van der Waals surface area contributed by atoms with Crippen molar-refractivity contribution >= 4 is 17.4 Å². The summed E-state index contributed by atoms with van der Waals surface area (Å²) in [4.78, 5) is 42.1. The third kappa shape index (κ3) is 4.63. The molecule has 0 radical (unpaired) electrons. The number of amides is 1. The van der Waals surface area contributed by atoms with E-state index >= 15 is 0 Å². The Kier molecular flexibility index (Phi) is 6.78. The molecule has 1 heterocycles. The zero-order valence-electron chi connectivity index (χ0n) is 18.5. The highest BCUT2D eigenvalue weighted by molar-refractivity contribution is 5.99. The summed E-state index contributed by atoms with van der Waals surface area (Å²) in [5, 5.41) is 0. The Balaban J connectivity index is 2.54. The number of anilines is 2. The van der Waals surface area contributed by atoms with Gasteiger partial charge >= 0.3 is 5.69 Å². The van der Waals surface area contributed by atoms with E-state index in [1.54, 1.807) is 0 Å². The lowest BCUT2D eigenvalue weighted by atomic mass is 10.1. The van der Waals surface area contributed by atoms with Gasteiger partial charge < -0.3 is 15.4 Å². The van der Waals surface area contributed by atoms with Crippen LogP contribution in [0.15, 0.2) is 21.2 Å². The fourth-order valence-electron chi connectivity index (χ4n) is 3.89. The Morgan fingerprint density at radius 3 is 2.48 bits per heavy atom. The summed E-state index contributed by atoms with van der Waals surface area (Å²) in [6, 6.07) is 0. The molecule has 3 N–H and O–H groups in total. The number of aromatic nitrogens is 2. The summed E-state index contributed by atoms with van der Waals surface area (Å²) in [5.41, 5.74) is 5.96. The quantitative estimate of drug-likeness (QED) is 0.642. The van der Waals surface area contributed by atoms with E-state index in [-0.39, 0.29) is 53.7 Å². The van der Waals surface area contributed by atoms with E-state index in [0.717, 1.165) is 5.57 Å². The number of allylic oxidation sites excluding steroid dienone is 2. The van der Waals surface area contributed by atoms with Gasteiger partial charge in [0, 0.05) is 20.2 Å². The Labute approximate surface area is 171 Å². The number of methoxy groups -OCH3 is 1. The van der Waals surface area contributed by atoms with E-state index in [0.29, 0.717) is 6.54 Å². The van der Waals surface area contributed by atoms with E-state index in [4.69, 9.17) is 10.5 Å². The molecule has 0 bridgehead atoms. The van der Waals surface area contributed by atoms with Gasteiger partial charge in [-0.25, -0.2) is 4.79 Å². The lowest BCUT2D eigenvalue weighted by molar-refractivity contribution is -0.120. The van der Waals surface area contributed by atoms with Crippen LogP contribution >= 0.6 is 0 Å². The molecule has 1 aliphatic rings. The predicted octanol–water partition coefficient (Wildman–Crippen LogP) is 1.99. The maximum atomic E-state index is 13.5. The van der Waals surface area contributed by atoms with E-state index < -0.39 is 11.2 Å². The number of hydrogen-bond donors (Lipinski definition) is 2. The van der Waals surface area contributed by atoms with E-state index in [9.17, 15) is 14.4 Å². The number of nitrogens with one attached hydrogen (secondary N) is 1. The van der Waals surface area contributed by atoms with Gasteiger partial charge in [0.05, 0.1) is 12.5 Å². The number of ether oxygens (including phenoxy) is 1. The molecule has 2 unspecified atom stereocenters. The highest BCUT2D eigenvalue weighted by Crippen LogP contribution is 2.60. The summed E-state index contributed by atoms with van der Waals surface area (Å²) < 4.78 is 6.48. The zero-order chi connectivity index (χ0) is 22.1. The van der Waals surface area contributed by atoms with Crippen molar-refractivity contribution in [2.45, 2.75) is 48.1 Å². The Hall–Kier alpha value is -2.35. The highest BCUT2D eigenvalue weighted by Gasteiger charge is 2.61. The first kappa shape index (κ1) is 22.9. The number of nitrogens with zero attached hydrogens (tertiary/aromatic N) is 2. The number of carbonyl (C=O) groups excluding carboxylic acids is 1. The minimum atomic E-state index is -0.658. The first-order valence-corrected chi connectivity index (χ1v) is 10.0. The molecule has 2 atom stereocenters.